The van der Waals surface area contributed by atoms with Gasteiger partial charge in [-0.15, -0.1) is 0 Å². The highest BCUT2D eigenvalue weighted by Crippen LogP contribution is 2.20. The van der Waals surface area contributed by atoms with Crippen LogP contribution in [0.25, 0.3) is 0 Å². The van der Waals surface area contributed by atoms with E-state index in [0.29, 0.717) is 38.4 Å². The Bertz CT molecular complexity index is 696. The van der Waals surface area contributed by atoms with Crippen LogP contribution in [0.15, 0.2) is 29.3 Å². The summed E-state index contributed by atoms with van der Waals surface area (Å²) < 4.78 is 5.33. The van der Waals surface area contributed by atoms with Crippen LogP contribution in [0.5, 0.6) is 0 Å². The van der Waals surface area contributed by atoms with Gasteiger partial charge >= 0.3 is 0 Å². The summed E-state index contributed by atoms with van der Waals surface area (Å²) in [6.07, 6.45) is 1.71. The number of amides is 1. The third-order valence-electron chi connectivity index (χ3n) is 5.21. The van der Waals surface area contributed by atoms with E-state index in [1.165, 1.54) is 0 Å². The Morgan fingerprint density at radius 3 is 2.44 bits per heavy atom. The van der Waals surface area contributed by atoms with Crippen LogP contribution in [0, 0.1) is 17.2 Å². The van der Waals surface area contributed by atoms with Crippen LogP contribution in [-0.2, 0) is 16.1 Å². The number of rotatable bonds is 3. The summed E-state index contributed by atoms with van der Waals surface area (Å²) in [5.74, 6) is 1.24. The Morgan fingerprint density at radius 1 is 1.19 bits per heavy atom. The number of hydrogen-bond donors (Lipinski definition) is 1. The molecule has 0 atom stereocenters. The van der Waals surface area contributed by atoms with Gasteiger partial charge in [0, 0.05) is 45.7 Å². The molecule has 7 heteroatoms. The maximum Gasteiger partial charge on any atom is 0.225 e. The van der Waals surface area contributed by atoms with Crippen molar-refractivity contribution < 1.29 is 9.53 Å². The van der Waals surface area contributed by atoms with Crippen molar-refractivity contribution in [1.29, 1.82) is 5.26 Å². The molecule has 1 N–H and O–H groups in total. The SMILES string of the molecule is CN=C(NCc1ccc(C#N)cc1)N1CCC(C(=O)N2CCOCC2)CC1. The van der Waals surface area contributed by atoms with Crippen molar-refractivity contribution in [2.45, 2.75) is 19.4 Å². The predicted octanol–water partition coefficient (Wildman–Crippen LogP) is 1.20. The lowest BCUT2D eigenvalue weighted by atomic mass is 9.95. The number of carbonyl (C=O) groups is 1. The van der Waals surface area contributed by atoms with E-state index in [0.717, 1.165) is 37.5 Å². The van der Waals surface area contributed by atoms with Crippen molar-refractivity contribution in [3.8, 4) is 6.07 Å². The number of aliphatic imine (C=N–C) groups is 1. The maximum absolute atomic E-state index is 12.6. The number of benzene rings is 1. The first-order chi connectivity index (χ1) is 13.2. The highest BCUT2D eigenvalue weighted by Gasteiger charge is 2.30. The van der Waals surface area contributed by atoms with E-state index in [9.17, 15) is 4.79 Å². The van der Waals surface area contributed by atoms with Crippen LogP contribution in [0.4, 0.5) is 0 Å². The van der Waals surface area contributed by atoms with Gasteiger partial charge in [0.1, 0.15) is 0 Å². The smallest absolute Gasteiger partial charge is 0.225 e. The average molecular weight is 369 g/mol. The molecule has 1 amide bonds. The highest BCUT2D eigenvalue weighted by atomic mass is 16.5. The highest BCUT2D eigenvalue weighted by molar-refractivity contribution is 5.81. The third kappa shape index (κ3) is 4.98. The van der Waals surface area contributed by atoms with Gasteiger partial charge in [-0.3, -0.25) is 9.79 Å². The van der Waals surface area contributed by atoms with E-state index < -0.39 is 0 Å². The largest absolute Gasteiger partial charge is 0.378 e. The van der Waals surface area contributed by atoms with Gasteiger partial charge in [-0.05, 0) is 30.5 Å². The zero-order valence-electron chi connectivity index (χ0n) is 15.9. The number of nitrogens with zero attached hydrogens (tertiary/aromatic N) is 4. The van der Waals surface area contributed by atoms with Crippen LogP contribution >= 0.6 is 0 Å². The Balaban J connectivity index is 1.48. The monoisotopic (exact) mass is 369 g/mol. The first-order valence-electron chi connectivity index (χ1n) is 9.52. The Labute approximate surface area is 160 Å². The molecule has 7 nitrogen and oxygen atoms in total. The average Bonchev–Trinajstić information content (AvgIpc) is 2.75. The summed E-state index contributed by atoms with van der Waals surface area (Å²) in [5.41, 5.74) is 1.77. The van der Waals surface area contributed by atoms with Crippen LogP contribution < -0.4 is 5.32 Å². The molecule has 0 aromatic heterocycles. The second-order valence-electron chi connectivity index (χ2n) is 6.91. The van der Waals surface area contributed by atoms with Crippen LogP contribution in [0.2, 0.25) is 0 Å². The number of piperidine rings is 1. The standard InChI is InChI=1S/C20H27N5O2/c1-22-20(23-15-17-4-2-16(14-21)3-5-17)25-8-6-18(7-9-25)19(26)24-10-12-27-13-11-24/h2-5,18H,6-13,15H2,1H3,(H,22,23). The molecular formula is C20H27N5O2. The van der Waals surface area contributed by atoms with Gasteiger partial charge in [-0.2, -0.15) is 5.26 Å². The van der Waals surface area contributed by atoms with Crippen molar-refractivity contribution in [3.63, 3.8) is 0 Å². The second kappa shape index (κ2) is 9.38. The van der Waals surface area contributed by atoms with Crippen molar-refractivity contribution in [2.75, 3.05) is 46.4 Å². The van der Waals surface area contributed by atoms with E-state index in [1.54, 1.807) is 7.05 Å². The Morgan fingerprint density at radius 2 is 1.85 bits per heavy atom. The molecule has 1 aromatic rings. The van der Waals surface area contributed by atoms with Crippen molar-refractivity contribution in [2.24, 2.45) is 10.9 Å². The topological polar surface area (TPSA) is 81.0 Å². The fourth-order valence-electron chi connectivity index (χ4n) is 3.59. The Hall–Kier alpha value is -2.59. The number of guanidine groups is 1. The first-order valence-corrected chi connectivity index (χ1v) is 9.52. The van der Waals surface area contributed by atoms with Gasteiger partial charge in [0.05, 0.1) is 24.8 Å². The fourth-order valence-corrected chi connectivity index (χ4v) is 3.59. The summed E-state index contributed by atoms with van der Waals surface area (Å²) in [5, 5.41) is 12.3. The molecule has 2 heterocycles. The molecule has 2 aliphatic rings. The molecule has 0 saturated carbocycles. The lowest BCUT2D eigenvalue weighted by Gasteiger charge is -2.36. The number of likely N-dealkylation sites (tertiary alicyclic amines) is 1. The summed E-state index contributed by atoms with van der Waals surface area (Å²) in [6.45, 7) is 5.04. The van der Waals surface area contributed by atoms with E-state index in [2.05, 4.69) is 21.3 Å². The number of morpholine rings is 1. The van der Waals surface area contributed by atoms with Gasteiger partial charge in [-0.1, -0.05) is 12.1 Å². The minimum absolute atomic E-state index is 0.107. The first kappa shape index (κ1) is 19.2. The maximum atomic E-state index is 12.6. The normalized spacial score (nSPS) is 18.9. The van der Waals surface area contributed by atoms with Crippen molar-refractivity contribution in [1.82, 2.24) is 15.1 Å². The fraction of sp³-hybridized carbons (Fsp3) is 0.550. The van der Waals surface area contributed by atoms with Gasteiger partial charge in [0.25, 0.3) is 0 Å². The van der Waals surface area contributed by atoms with Crippen LogP contribution in [0.1, 0.15) is 24.0 Å². The quantitative estimate of drug-likeness (QED) is 0.640. The lowest BCUT2D eigenvalue weighted by molar-refractivity contribution is -0.140. The molecule has 0 bridgehead atoms. The van der Waals surface area contributed by atoms with E-state index in [-0.39, 0.29) is 11.8 Å². The molecule has 2 fully saturated rings. The van der Waals surface area contributed by atoms with Gasteiger partial charge in [-0.25, -0.2) is 0 Å². The van der Waals surface area contributed by atoms with Gasteiger partial charge < -0.3 is 19.9 Å². The summed E-state index contributed by atoms with van der Waals surface area (Å²) >= 11 is 0. The zero-order valence-corrected chi connectivity index (χ0v) is 15.9. The Kier molecular flexibility index (Phi) is 6.66. The van der Waals surface area contributed by atoms with E-state index in [1.807, 2.05) is 29.2 Å². The van der Waals surface area contributed by atoms with Gasteiger partial charge in [0.2, 0.25) is 5.91 Å². The van der Waals surface area contributed by atoms with Crippen molar-refractivity contribution in [3.05, 3.63) is 35.4 Å². The molecule has 144 valence electrons. The summed E-state index contributed by atoms with van der Waals surface area (Å²) in [6, 6.07) is 9.67. The molecular weight excluding hydrogens is 342 g/mol. The van der Waals surface area contributed by atoms with Gasteiger partial charge in [0.15, 0.2) is 5.96 Å². The lowest BCUT2D eigenvalue weighted by Crippen LogP contribution is -2.49. The third-order valence-corrected chi connectivity index (χ3v) is 5.21. The molecule has 0 spiro atoms. The number of nitriles is 1. The number of nitrogens with one attached hydrogen (secondary N) is 1. The number of carbonyl (C=O) groups excluding carboxylic acids is 1. The van der Waals surface area contributed by atoms with Crippen LogP contribution in [-0.4, -0.2) is 68.1 Å². The summed E-state index contributed by atoms with van der Waals surface area (Å²) in [4.78, 5) is 21.2. The number of hydrogen-bond acceptors (Lipinski definition) is 4. The molecule has 2 saturated heterocycles. The van der Waals surface area contributed by atoms with E-state index in [4.69, 9.17) is 10.00 Å². The zero-order chi connectivity index (χ0) is 19.1. The van der Waals surface area contributed by atoms with Crippen molar-refractivity contribution >= 4 is 11.9 Å². The predicted molar refractivity (Wildman–Crippen MR) is 103 cm³/mol. The molecule has 1 aromatic carbocycles. The molecule has 3 rings (SSSR count). The minimum atomic E-state index is 0.107. The van der Waals surface area contributed by atoms with E-state index >= 15 is 0 Å². The number of ether oxygens (including phenoxy) is 1. The molecule has 27 heavy (non-hydrogen) atoms. The second-order valence-corrected chi connectivity index (χ2v) is 6.91. The molecule has 0 aliphatic carbocycles. The molecule has 2 aliphatic heterocycles. The molecule has 0 radical (unpaired) electrons. The minimum Gasteiger partial charge on any atom is -0.378 e. The van der Waals surface area contributed by atoms with Crippen LogP contribution in [0.3, 0.4) is 0 Å². The summed E-state index contributed by atoms with van der Waals surface area (Å²) in [7, 11) is 1.78. The molecule has 0 unspecified atom stereocenters.